The summed E-state index contributed by atoms with van der Waals surface area (Å²) in [7, 11) is 0. The van der Waals surface area contributed by atoms with E-state index < -0.39 is 35.6 Å². The van der Waals surface area contributed by atoms with Gasteiger partial charge in [-0.3, -0.25) is 14.5 Å². The number of amides is 3. The molecule has 33 heavy (non-hydrogen) atoms. The number of thioether (sulfide) groups is 1. The zero-order valence-electron chi connectivity index (χ0n) is 20.0. The van der Waals surface area contributed by atoms with E-state index in [1.807, 2.05) is 13.2 Å². The molecule has 0 aliphatic heterocycles. The Morgan fingerprint density at radius 1 is 1.24 bits per heavy atom. The Morgan fingerprint density at radius 3 is 2.39 bits per heavy atom. The molecular formula is C24H35N3O5S. The fourth-order valence-electron chi connectivity index (χ4n) is 2.94. The highest BCUT2D eigenvalue weighted by Gasteiger charge is 2.35. The fraction of sp³-hybridized carbons (Fsp3) is 0.542. The number of rotatable bonds is 11. The first-order valence-electron chi connectivity index (χ1n) is 10.9. The zero-order chi connectivity index (χ0) is 25.0. The van der Waals surface area contributed by atoms with Gasteiger partial charge in [0.15, 0.2) is 0 Å². The summed E-state index contributed by atoms with van der Waals surface area (Å²) >= 11 is 1.51. The Bertz CT molecular complexity index is 830. The van der Waals surface area contributed by atoms with Crippen LogP contribution in [0, 0.1) is 12.5 Å². The second-order valence-electron chi connectivity index (χ2n) is 8.46. The number of hydrogen-bond acceptors (Lipinski definition) is 6. The first kappa shape index (κ1) is 28.2. The minimum atomic E-state index is -1.13. The van der Waals surface area contributed by atoms with E-state index in [2.05, 4.69) is 16.7 Å². The van der Waals surface area contributed by atoms with Crippen LogP contribution >= 0.6 is 11.8 Å². The quantitative estimate of drug-likeness (QED) is 0.256. The summed E-state index contributed by atoms with van der Waals surface area (Å²) in [5, 5.41) is 15.1. The number of carbonyl (C=O) groups is 3. The van der Waals surface area contributed by atoms with Crippen LogP contribution in [0.1, 0.15) is 58.6 Å². The van der Waals surface area contributed by atoms with Crippen LogP contribution in [0.4, 0.5) is 4.79 Å². The van der Waals surface area contributed by atoms with Gasteiger partial charge in [-0.2, -0.15) is 11.8 Å². The highest BCUT2D eigenvalue weighted by atomic mass is 32.2. The Kier molecular flexibility index (Phi) is 11.6. The summed E-state index contributed by atoms with van der Waals surface area (Å²) in [5.74, 6) is -0.439. The maximum absolute atomic E-state index is 13.5. The van der Waals surface area contributed by atoms with Gasteiger partial charge in [0, 0.05) is 12.6 Å². The van der Waals surface area contributed by atoms with Crippen LogP contribution in [0.2, 0.25) is 0 Å². The van der Waals surface area contributed by atoms with Gasteiger partial charge in [0.05, 0.1) is 0 Å². The average molecular weight is 478 g/mol. The number of terminal acetylenes is 1. The van der Waals surface area contributed by atoms with Gasteiger partial charge >= 0.3 is 6.09 Å². The number of benzene rings is 1. The molecule has 8 nitrogen and oxygen atoms in total. The van der Waals surface area contributed by atoms with Crippen molar-refractivity contribution in [1.29, 1.82) is 0 Å². The molecule has 0 bridgehead atoms. The fourth-order valence-corrected chi connectivity index (χ4v) is 3.41. The second kappa shape index (κ2) is 13.6. The zero-order valence-corrected chi connectivity index (χ0v) is 20.8. The molecule has 0 fully saturated rings. The number of phenolic OH excluding ortho intramolecular Hbond substituents is 1. The standard InChI is InChI=1S/C24H35N3O5S/c1-7-9-15-25-21(29)20(17-10-12-18(28)13-11-17)27(8-2)22(30)19(14-16-33-6)26-23(31)32-24(3,4)5/h2,10-13,19-20,28H,7,9,14-16H2,1,3-6H3,(H,25,29)(H,26,31). The molecule has 2 atom stereocenters. The molecule has 182 valence electrons. The lowest BCUT2D eigenvalue weighted by Crippen LogP contribution is -2.51. The molecule has 1 aromatic carbocycles. The molecule has 0 spiro atoms. The Balaban J connectivity index is 3.26. The van der Waals surface area contributed by atoms with Gasteiger partial charge in [0.2, 0.25) is 5.91 Å². The molecule has 0 saturated carbocycles. The van der Waals surface area contributed by atoms with Crippen LogP contribution in [-0.4, -0.2) is 58.1 Å². The van der Waals surface area contributed by atoms with E-state index in [9.17, 15) is 19.5 Å². The summed E-state index contributed by atoms with van der Waals surface area (Å²) in [6.07, 6.45) is 8.81. The van der Waals surface area contributed by atoms with Gasteiger partial charge in [-0.25, -0.2) is 4.79 Å². The average Bonchev–Trinajstić information content (AvgIpc) is 2.74. The highest BCUT2D eigenvalue weighted by molar-refractivity contribution is 7.98. The van der Waals surface area contributed by atoms with Crippen LogP contribution in [0.25, 0.3) is 0 Å². The summed E-state index contributed by atoms with van der Waals surface area (Å²) in [6.45, 7) is 7.60. The highest BCUT2D eigenvalue weighted by Crippen LogP contribution is 2.24. The van der Waals surface area contributed by atoms with E-state index in [4.69, 9.17) is 11.2 Å². The van der Waals surface area contributed by atoms with E-state index >= 15 is 0 Å². The van der Waals surface area contributed by atoms with Crippen molar-refractivity contribution in [2.45, 2.75) is 64.6 Å². The first-order chi connectivity index (χ1) is 15.5. The van der Waals surface area contributed by atoms with Gasteiger partial charge in [-0.05, 0) is 63.3 Å². The van der Waals surface area contributed by atoms with Crippen LogP contribution < -0.4 is 10.6 Å². The molecule has 2 unspecified atom stereocenters. The number of aromatic hydroxyl groups is 1. The van der Waals surface area contributed by atoms with E-state index in [1.54, 1.807) is 20.8 Å². The normalized spacial score (nSPS) is 12.7. The number of unbranched alkanes of at least 4 members (excludes halogenated alkanes) is 1. The van der Waals surface area contributed by atoms with Gasteiger partial charge in [-0.1, -0.05) is 31.9 Å². The van der Waals surface area contributed by atoms with Crippen LogP contribution in [0.15, 0.2) is 24.3 Å². The second-order valence-corrected chi connectivity index (χ2v) is 9.44. The molecule has 9 heteroatoms. The molecule has 0 heterocycles. The molecule has 0 aliphatic rings. The lowest BCUT2D eigenvalue weighted by Gasteiger charge is -2.30. The maximum Gasteiger partial charge on any atom is 0.408 e. The topological polar surface area (TPSA) is 108 Å². The van der Waals surface area contributed by atoms with Gasteiger partial charge in [0.1, 0.15) is 23.4 Å². The van der Waals surface area contributed by atoms with Crippen LogP contribution in [0.3, 0.4) is 0 Å². The van der Waals surface area contributed by atoms with Crippen molar-refractivity contribution >= 4 is 29.7 Å². The number of carbonyl (C=O) groups excluding carboxylic acids is 3. The third-order valence-corrected chi connectivity index (χ3v) is 5.17. The number of alkyl carbamates (subject to hydrolysis) is 1. The molecular weight excluding hydrogens is 442 g/mol. The largest absolute Gasteiger partial charge is 0.508 e. The third kappa shape index (κ3) is 9.66. The Morgan fingerprint density at radius 2 is 1.88 bits per heavy atom. The Hall–Kier alpha value is -2.86. The molecule has 3 N–H and O–H groups in total. The molecule has 0 saturated heterocycles. The van der Waals surface area contributed by atoms with Crippen molar-refractivity contribution in [3.8, 4) is 18.2 Å². The molecule has 3 amide bonds. The first-order valence-corrected chi connectivity index (χ1v) is 12.3. The third-order valence-electron chi connectivity index (χ3n) is 4.52. The SMILES string of the molecule is C#CN(C(=O)C(CCSC)NC(=O)OC(C)(C)C)C(C(=O)NCCCC)c1ccc(O)cc1. The molecule has 0 radical (unpaired) electrons. The van der Waals surface area contributed by atoms with Gasteiger partial charge < -0.3 is 20.5 Å². The molecule has 0 aliphatic carbocycles. The van der Waals surface area contributed by atoms with Crippen molar-refractivity contribution in [3.63, 3.8) is 0 Å². The summed E-state index contributed by atoms with van der Waals surface area (Å²) in [6, 6.07) is 6.14. The summed E-state index contributed by atoms with van der Waals surface area (Å²) in [5.41, 5.74) is -0.300. The Labute approximate surface area is 200 Å². The van der Waals surface area contributed by atoms with Crippen molar-refractivity contribution < 1.29 is 24.2 Å². The number of hydrogen-bond donors (Lipinski definition) is 3. The van der Waals surface area contributed by atoms with Crippen molar-refractivity contribution in [2.75, 3.05) is 18.6 Å². The van der Waals surface area contributed by atoms with Crippen molar-refractivity contribution in [2.24, 2.45) is 0 Å². The van der Waals surface area contributed by atoms with E-state index in [0.29, 0.717) is 24.3 Å². The predicted molar refractivity (Wildman–Crippen MR) is 131 cm³/mol. The molecule has 1 aromatic rings. The van der Waals surface area contributed by atoms with Gasteiger partial charge in [0.25, 0.3) is 5.91 Å². The molecule has 1 rings (SSSR count). The van der Waals surface area contributed by atoms with E-state index in [-0.39, 0.29) is 5.75 Å². The van der Waals surface area contributed by atoms with E-state index in [1.165, 1.54) is 36.0 Å². The number of ether oxygens (including phenoxy) is 1. The maximum atomic E-state index is 13.5. The van der Waals surface area contributed by atoms with Crippen LogP contribution in [0.5, 0.6) is 5.75 Å². The number of phenols is 1. The van der Waals surface area contributed by atoms with Gasteiger partial charge in [-0.15, -0.1) is 0 Å². The van der Waals surface area contributed by atoms with E-state index in [0.717, 1.165) is 17.7 Å². The summed E-state index contributed by atoms with van der Waals surface area (Å²) < 4.78 is 5.30. The minimum Gasteiger partial charge on any atom is -0.508 e. The summed E-state index contributed by atoms with van der Waals surface area (Å²) in [4.78, 5) is 39.9. The van der Waals surface area contributed by atoms with Crippen LogP contribution in [-0.2, 0) is 14.3 Å². The predicted octanol–water partition coefficient (Wildman–Crippen LogP) is 3.42. The monoisotopic (exact) mass is 477 g/mol. The lowest BCUT2D eigenvalue weighted by molar-refractivity contribution is -0.138. The number of nitrogens with one attached hydrogen (secondary N) is 2. The van der Waals surface area contributed by atoms with Crippen molar-refractivity contribution in [3.05, 3.63) is 29.8 Å². The molecule has 0 aromatic heterocycles. The smallest absolute Gasteiger partial charge is 0.408 e. The minimum absolute atomic E-state index is 0.0203. The lowest BCUT2D eigenvalue weighted by atomic mass is 10.0. The number of nitrogens with zero attached hydrogens (tertiary/aromatic N) is 1. The van der Waals surface area contributed by atoms with Crippen molar-refractivity contribution in [1.82, 2.24) is 15.5 Å².